The molecule has 4 rings (SSSR count). The highest BCUT2D eigenvalue weighted by molar-refractivity contribution is 7.89. The second kappa shape index (κ2) is 11.7. The van der Waals surface area contributed by atoms with Crippen molar-refractivity contribution < 1.29 is 22.7 Å². The molecule has 0 aliphatic carbocycles. The van der Waals surface area contributed by atoms with E-state index in [0.717, 1.165) is 32.1 Å². The normalized spacial score (nSPS) is 17.7. The van der Waals surface area contributed by atoms with Gasteiger partial charge in [-0.3, -0.25) is 9.59 Å². The Kier molecular flexibility index (Phi) is 8.41. The first-order valence-electron chi connectivity index (χ1n) is 12.3. The lowest BCUT2D eigenvalue weighted by Gasteiger charge is -2.32. The van der Waals surface area contributed by atoms with Gasteiger partial charge < -0.3 is 15.0 Å². The number of likely N-dealkylation sites (tertiary alicyclic amines) is 1. The van der Waals surface area contributed by atoms with Gasteiger partial charge in [-0.2, -0.15) is 4.31 Å². The molecule has 35 heavy (non-hydrogen) atoms. The van der Waals surface area contributed by atoms with Gasteiger partial charge in [0, 0.05) is 38.3 Å². The smallest absolute Gasteiger partial charge is 0.260 e. The lowest BCUT2D eigenvalue weighted by molar-refractivity contribution is -0.134. The zero-order valence-corrected chi connectivity index (χ0v) is 20.7. The third-order valence-electron chi connectivity index (χ3n) is 6.69. The van der Waals surface area contributed by atoms with E-state index in [-0.39, 0.29) is 29.2 Å². The number of benzene rings is 2. The third-order valence-corrected chi connectivity index (χ3v) is 8.61. The van der Waals surface area contributed by atoms with Crippen LogP contribution in [0.25, 0.3) is 0 Å². The first-order chi connectivity index (χ1) is 16.9. The molecule has 2 amide bonds. The van der Waals surface area contributed by atoms with Crippen LogP contribution in [0.4, 0.5) is 0 Å². The van der Waals surface area contributed by atoms with Crippen molar-refractivity contribution in [2.75, 3.05) is 39.3 Å². The SMILES string of the molecule is O=C(NCC1CCN(C(=O)COc2ccccc2)CC1)c1ccc(S(=O)(=O)N2CCCCC2)cc1. The minimum absolute atomic E-state index is 0.0227. The predicted octanol–water partition coefficient (Wildman–Crippen LogP) is 2.91. The average molecular weight is 500 g/mol. The Hall–Kier alpha value is -2.91. The number of nitrogens with one attached hydrogen (secondary N) is 1. The van der Waals surface area contributed by atoms with Crippen molar-refractivity contribution in [3.8, 4) is 5.75 Å². The van der Waals surface area contributed by atoms with Crippen LogP contribution in [0.2, 0.25) is 0 Å². The number of carbonyl (C=O) groups is 2. The molecular weight excluding hydrogens is 466 g/mol. The molecule has 2 aliphatic heterocycles. The molecule has 9 heteroatoms. The Labute approximate surface area is 207 Å². The monoisotopic (exact) mass is 499 g/mol. The highest BCUT2D eigenvalue weighted by Gasteiger charge is 2.26. The van der Waals surface area contributed by atoms with Gasteiger partial charge in [0.1, 0.15) is 5.75 Å². The van der Waals surface area contributed by atoms with Crippen LogP contribution in [0.1, 0.15) is 42.5 Å². The van der Waals surface area contributed by atoms with Crippen LogP contribution in [-0.4, -0.2) is 68.8 Å². The summed E-state index contributed by atoms with van der Waals surface area (Å²) in [4.78, 5) is 27.0. The van der Waals surface area contributed by atoms with Crippen molar-refractivity contribution in [1.82, 2.24) is 14.5 Å². The van der Waals surface area contributed by atoms with E-state index in [1.807, 2.05) is 35.2 Å². The summed E-state index contributed by atoms with van der Waals surface area (Å²) in [5.74, 6) is 0.713. The first kappa shape index (κ1) is 25.2. The van der Waals surface area contributed by atoms with Gasteiger partial charge in [0.2, 0.25) is 10.0 Å². The van der Waals surface area contributed by atoms with Crippen LogP contribution in [0.5, 0.6) is 5.75 Å². The molecule has 8 nitrogen and oxygen atoms in total. The highest BCUT2D eigenvalue weighted by Crippen LogP contribution is 2.21. The van der Waals surface area contributed by atoms with Gasteiger partial charge in [-0.15, -0.1) is 0 Å². The number of hydrogen-bond donors (Lipinski definition) is 1. The molecule has 1 N–H and O–H groups in total. The van der Waals surface area contributed by atoms with Gasteiger partial charge in [-0.1, -0.05) is 24.6 Å². The van der Waals surface area contributed by atoms with Gasteiger partial charge in [0.25, 0.3) is 11.8 Å². The predicted molar refractivity (Wildman–Crippen MR) is 133 cm³/mol. The maximum Gasteiger partial charge on any atom is 0.260 e. The molecule has 2 aromatic carbocycles. The summed E-state index contributed by atoms with van der Waals surface area (Å²) in [6.07, 6.45) is 4.44. The summed E-state index contributed by atoms with van der Waals surface area (Å²) in [5, 5.41) is 2.95. The Morgan fingerprint density at radius 2 is 1.54 bits per heavy atom. The zero-order valence-electron chi connectivity index (χ0n) is 19.9. The van der Waals surface area contributed by atoms with E-state index < -0.39 is 10.0 Å². The Morgan fingerprint density at radius 3 is 2.20 bits per heavy atom. The van der Waals surface area contributed by atoms with E-state index in [0.29, 0.717) is 44.0 Å². The van der Waals surface area contributed by atoms with Crippen molar-refractivity contribution >= 4 is 21.8 Å². The van der Waals surface area contributed by atoms with Gasteiger partial charge >= 0.3 is 0 Å². The fourth-order valence-corrected chi connectivity index (χ4v) is 6.03. The van der Waals surface area contributed by atoms with E-state index in [1.165, 1.54) is 16.4 Å². The number of hydrogen-bond acceptors (Lipinski definition) is 5. The quantitative estimate of drug-likeness (QED) is 0.603. The molecule has 0 aromatic heterocycles. The van der Waals surface area contributed by atoms with Crippen LogP contribution in [-0.2, 0) is 14.8 Å². The number of carbonyl (C=O) groups excluding carboxylic acids is 2. The molecule has 0 bridgehead atoms. The standard InChI is InChI=1S/C26H33N3O5S/c30-25(20-34-23-7-3-1-4-8-23)28-17-13-21(14-18-28)19-27-26(31)22-9-11-24(12-10-22)35(32,33)29-15-5-2-6-16-29/h1,3-4,7-12,21H,2,5-6,13-20H2,(H,27,31). The largest absolute Gasteiger partial charge is 0.484 e. The van der Waals surface area contributed by atoms with Crippen molar-refractivity contribution in [2.45, 2.75) is 37.0 Å². The van der Waals surface area contributed by atoms with Crippen molar-refractivity contribution in [3.63, 3.8) is 0 Å². The summed E-state index contributed by atoms with van der Waals surface area (Å²) in [6.45, 7) is 2.93. The first-order valence-corrected chi connectivity index (χ1v) is 13.7. The van der Waals surface area contributed by atoms with E-state index in [4.69, 9.17) is 4.74 Å². The third kappa shape index (κ3) is 6.61. The van der Waals surface area contributed by atoms with Crippen LogP contribution in [0.3, 0.4) is 0 Å². The molecule has 2 fully saturated rings. The van der Waals surface area contributed by atoms with Gasteiger partial charge in [-0.05, 0) is 68.0 Å². The Bertz CT molecular complexity index is 1090. The Morgan fingerprint density at radius 1 is 0.886 bits per heavy atom. The topological polar surface area (TPSA) is 96.0 Å². The average Bonchev–Trinajstić information content (AvgIpc) is 2.92. The van der Waals surface area contributed by atoms with Crippen molar-refractivity contribution in [2.24, 2.45) is 5.92 Å². The lowest BCUT2D eigenvalue weighted by Crippen LogP contribution is -2.43. The molecule has 0 atom stereocenters. The molecular formula is C26H33N3O5S. The summed E-state index contributed by atoms with van der Waals surface area (Å²) >= 11 is 0. The second-order valence-corrected chi connectivity index (χ2v) is 11.1. The maximum atomic E-state index is 12.8. The minimum atomic E-state index is -3.51. The van der Waals surface area contributed by atoms with Gasteiger partial charge in [0.05, 0.1) is 4.90 Å². The summed E-state index contributed by atoms with van der Waals surface area (Å²) < 4.78 is 32.6. The molecule has 0 saturated carbocycles. The number of ether oxygens (including phenoxy) is 1. The van der Waals surface area contributed by atoms with Crippen LogP contribution in [0.15, 0.2) is 59.5 Å². The van der Waals surface area contributed by atoms with E-state index in [2.05, 4.69) is 5.32 Å². The summed E-state index contributed by atoms with van der Waals surface area (Å²) in [6, 6.07) is 15.4. The van der Waals surface area contributed by atoms with Crippen LogP contribution in [0, 0.1) is 5.92 Å². The maximum absolute atomic E-state index is 12.8. The molecule has 188 valence electrons. The number of para-hydroxylation sites is 1. The van der Waals surface area contributed by atoms with E-state index >= 15 is 0 Å². The highest BCUT2D eigenvalue weighted by atomic mass is 32.2. The van der Waals surface area contributed by atoms with Crippen LogP contribution >= 0.6 is 0 Å². The number of nitrogens with zero attached hydrogens (tertiary/aromatic N) is 2. The van der Waals surface area contributed by atoms with Crippen molar-refractivity contribution in [3.05, 3.63) is 60.2 Å². The number of rotatable bonds is 8. The number of piperidine rings is 2. The van der Waals surface area contributed by atoms with Gasteiger partial charge in [0.15, 0.2) is 6.61 Å². The van der Waals surface area contributed by atoms with E-state index in [1.54, 1.807) is 12.1 Å². The second-order valence-electron chi connectivity index (χ2n) is 9.13. The number of amides is 2. The Balaban J connectivity index is 1.20. The molecule has 0 unspecified atom stereocenters. The van der Waals surface area contributed by atoms with Crippen molar-refractivity contribution in [1.29, 1.82) is 0 Å². The molecule has 0 radical (unpaired) electrons. The molecule has 2 heterocycles. The minimum Gasteiger partial charge on any atom is -0.484 e. The fourth-order valence-electron chi connectivity index (χ4n) is 4.51. The lowest BCUT2D eigenvalue weighted by atomic mass is 9.96. The van der Waals surface area contributed by atoms with Crippen LogP contribution < -0.4 is 10.1 Å². The molecule has 2 aromatic rings. The number of sulfonamides is 1. The summed E-state index contributed by atoms with van der Waals surface area (Å²) in [7, 11) is -3.51. The molecule has 2 aliphatic rings. The summed E-state index contributed by atoms with van der Waals surface area (Å²) in [5.41, 5.74) is 0.438. The molecule has 2 saturated heterocycles. The zero-order chi connectivity index (χ0) is 24.7. The molecule has 0 spiro atoms. The fraction of sp³-hybridized carbons (Fsp3) is 0.462. The van der Waals surface area contributed by atoms with E-state index in [9.17, 15) is 18.0 Å². The van der Waals surface area contributed by atoms with Gasteiger partial charge in [-0.25, -0.2) is 8.42 Å².